The van der Waals surface area contributed by atoms with Crippen LogP contribution in [0.2, 0.25) is 5.02 Å². The molecule has 0 bridgehead atoms. The van der Waals surface area contributed by atoms with Gasteiger partial charge in [-0.25, -0.2) is 4.98 Å². The van der Waals surface area contributed by atoms with E-state index in [1.165, 1.54) is 0 Å². The van der Waals surface area contributed by atoms with Gasteiger partial charge in [0.15, 0.2) is 0 Å². The molecule has 4 nitrogen and oxygen atoms in total. The number of nitrogens with one attached hydrogen (secondary N) is 1. The Morgan fingerprint density at radius 2 is 1.88 bits per heavy atom. The van der Waals surface area contributed by atoms with Crippen molar-refractivity contribution in [2.45, 2.75) is 0 Å². The number of benzene rings is 2. The highest BCUT2D eigenvalue weighted by atomic mass is 79.9. The lowest BCUT2D eigenvalue weighted by atomic mass is 10.2. The molecule has 0 saturated carbocycles. The summed E-state index contributed by atoms with van der Waals surface area (Å²) in [5, 5.41) is 8.79. The van der Waals surface area contributed by atoms with Gasteiger partial charge in [0.25, 0.3) is 0 Å². The molecule has 0 amide bonds. The predicted octanol–water partition coefficient (Wildman–Crippen LogP) is 5.84. The van der Waals surface area contributed by atoms with E-state index in [1.54, 1.807) is 6.20 Å². The minimum absolute atomic E-state index is 0.702. The van der Waals surface area contributed by atoms with Crippen LogP contribution in [-0.2, 0) is 0 Å². The van der Waals surface area contributed by atoms with Crippen LogP contribution in [0.15, 0.2) is 71.3 Å². The third-order valence-electron chi connectivity index (χ3n) is 3.69. The van der Waals surface area contributed by atoms with Crippen LogP contribution < -0.4 is 4.90 Å². The number of pyridine rings is 1. The summed E-state index contributed by atoms with van der Waals surface area (Å²) in [5.74, 6) is 1.63. The molecule has 4 aromatic rings. The molecular formula is C18H12BrClN4. The van der Waals surface area contributed by atoms with Gasteiger partial charge in [0, 0.05) is 20.9 Å². The number of nitrogens with zero attached hydrogens (tertiary/aromatic N) is 3. The third kappa shape index (κ3) is 2.77. The summed E-state index contributed by atoms with van der Waals surface area (Å²) in [6, 6.07) is 19.6. The maximum Gasteiger partial charge on any atom is 0.139 e. The molecule has 2 aromatic carbocycles. The van der Waals surface area contributed by atoms with Crippen molar-refractivity contribution in [3.63, 3.8) is 0 Å². The fourth-order valence-corrected chi connectivity index (χ4v) is 3.24. The molecule has 6 heteroatoms. The normalized spacial score (nSPS) is 10.9. The van der Waals surface area contributed by atoms with Crippen LogP contribution in [-0.4, -0.2) is 15.2 Å². The first-order valence-corrected chi connectivity index (χ1v) is 8.50. The second-order valence-electron chi connectivity index (χ2n) is 5.24. The monoisotopic (exact) mass is 398 g/mol. The zero-order valence-electron chi connectivity index (χ0n) is 12.4. The fourth-order valence-electron chi connectivity index (χ4n) is 2.59. The van der Waals surface area contributed by atoms with Gasteiger partial charge in [-0.2, -0.15) is 5.10 Å². The van der Waals surface area contributed by atoms with E-state index in [2.05, 4.69) is 26.1 Å². The second-order valence-corrected chi connectivity index (χ2v) is 6.53. The molecule has 0 aliphatic carbocycles. The Bertz CT molecular complexity index is 1000. The number of fused-ring (bicyclic) bond motifs is 1. The molecule has 118 valence electrons. The van der Waals surface area contributed by atoms with E-state index in [0.717, 1.165) is 32.7 Å². The minimum atomic E-state index is 0.702. The largest absolute Gasteiger partial charge is 0.278 e. The molecule has 0 aliphatic rings. The third-order valence-corrected chi connectivity index (χ3v) is 4.59. The van der Waals surface area contributed by atoms with Gasteiger partial charge in [-0.15, -0.1) is 0 Å². The number of anilines is 3. The summed E-state index contributed by atoms with van der Waals surface area (Å²) in [6.45, 7) is 0. The summed E-state index contributed by atoms with van der Waals surface area (Å²) >= 11 is 9.68. The van der Waals surface area contributed by atoms with E-state index < -0.39 is 0 Å². The van der Waals surface area contributed by atoms with Gasteiger partial charge in [0.2, 0.25) is 0 Å². The highest BCUT2D eigenvalue weighted by molar-refractivity contribution is 9.10. The molecule has 2 aromatic heterocycles. The summed E-state index contributed by atoms with van der Waals surface area (Å²) < 4.78 is 0.970. The van der Waals surface area contributed by atoms with Gasteiger partial charge < -0.3 is 0 Å². The van der Waals surface area contributed by atoms with Crippen molar-refractivity contribution >= 4 is 55.8 Å². The standard InChI is InChI=1S/C18H12BrClN4/c19-14-3-1-2-4-16(14)24(18-9-10-21-23-18)17-8-5-12-11-13(20)6-7-15(12)22-17/h1-11H,(H,21,23). The van der Waals surface area contributed by atoms with E-state index in [4.69, 9.17) is 16.6 Å². The Kier molecular flexibility index (Phi) is 3.96. The molecule has 0 saturated heterocycles. The van der Waals surface area contributed by atoms with Gasteiger partial charge in [-0.05, 0) is 58.4 Å². The molecule has 2 heterocycles. The second kappa shape index (κ2) is 6.26. The van der Waals surface area contributed by atoms with Crippen LogP contribution in [0, 0.1) is 0 Å². The Morgan fingerprint density at radius 3 is 2.67 bits per heavy atom. The van der Waals surface area contributed by atoms with Crippen molar-refractivity contribution in [1.29, 1.82) is 0 Å². The topological polar surface area (TPSA) is 44.8 Å². The highest BCUT2D eigenvalue weighted by Gasteiger charge is 2.17. The Hall–Kier alpha value is -2.37. The number of hydrogen-bond acceptors (Lipinski definition) is 3. The van der Waals surface area contributed by atoms with Crippen molar-refractivity contribution in [2.24, 2.45) is 0 Å². The number of rotatable bonds is 3. The SMILES string of the molecule is Clc1ccc2nc(N(c3ccn[nH]3)c3ccccc3Br)ccc2c1. The predicted molar refractivity (Wildman–Crippen MR) is 101 cm³/mol. The van der Waals surface area contributed by atoms with E-state index in [0.29, 0.717) is 5.02 Å². The van der Waals surface area contributed by atoms with E-state index >= 15 is 0 Å². The van der Waals surface area contributed by atoms with Gasteiger partial charge >= 0.3 is 0 Å². The van der Waals surface area contributed by atoms with Gasteiger partial charge in [-0.1, -0.05) is 23.7 Å². The van der Waals surface area contributed by atoms with Crippen LogP contribution in [0.1, 0.15) is 0 Å². The zero-order valence-corrected chi connectivity index (χ0v) is 14.8. The maximum absolute atomic E-state index is 6.06. The molecule has 0 fully saturated rings. The first-order chi connectivity index (χ1) is 11.7. The summed E-state index contributed by atoms with van der Waals surface area (Å²) in [7, 11) is 0. The summed E-state index contributed by atoms with van der Waals surface area (Å²) in [6.07, 6.45) is 1.72. The van der Waals surface area contributed by atoms with Crippen LogP contribution in [0.3, 0.4) is 0 Å². The van der Waals surface area contributed by atoms with Crippen molar-refractivity contribution < 1.29 is 0 Å². The van der Waals surface area contributed by atoms with Gasteiger partial charge in [0.1, 0.15) is 11.6 Å². The van der Waals surface area contributed by atoms with Crippen molar-refractivity contribution in [3.05, 3.63) is 76.4 Å². The van der Waals surface area contributed by atoms with E-state index in [-0.39, 0.29) is 0 Å². The smallest absolute Gasteiger partial charge is 0.139 e. The van der Waals surface area contributed by atoms with Crippen molar-refractivity contribution in [2.75, 3.05) is 4.90 Å². The number of hydrogen-bond donors (Lipinski definition) is 1. The Balaban J connectivity index is 1.91. The lowest BCUT2D eigenvalue weighted by Crippen LogP contribution is -2.12. The summed E-state index contributed by atoms with van der Waals surface area (Å²) in [5.41, 5.74) is 1.86. The number of H-pyrrole nitrogens is 1. The quantitative estimate of drug-likeness (QED) is 0.470. The van der Waals surface area contributed by atoms with E-state index in [1.807, 2.05) is 65.6 Å². The molecule has 24 heavy (non-hydrogen) atoms. The first kappa shape index (κ1) is 15.2. The van der Waals surface area contributed by atoms with Crippen LogP contribution >= 0.6 is 27.5 Å². The molecule has 0 atom stereocenters. The van der Waals surface area contributed by atoms with Gasteiger partial charge in [-0.3, -0.25) is 10.00 Å². The molecule has 4 rings (SSSR count). The number of halogens is 2. The number of para-hydroxylation sites is 1. The molecular weight excluding hydrogens is 388 g/mol. The maximum atomic E-state index is 6.06. The molecule has 0 aliphatic heterocycles. The van der Waals surface area contributed by atoms with Crippen molar-refractivity contribution in [3.8, 4) is 0 Å². The Morgan fingerprint density at radius 1 is 1.00 bits per heavy atom. The van der Waals surface area contributed by atoms with Crippen molar-refractivity contribution in [1.82, 2.24) is 15.2 Å². The Labute approximate surface area is 152 Å². The van der Waals surface area contributed by atoms with Gasteiger partial charge in [0.05, 0.1) is 17.4 Å². The number of aromatic nitrogens is 3. The van der Waals surface area contributed by atoms with Crippen LogP contribution in [0.4, 0.5) is 17.3 Å². The molecule has 0 unspecified atom stereocenters. The highest BCUT2D eigenvalue weighted by Crippen LogP contribution is 2.37. The zero-order chi connectivity index (χ0) is 16.5. The molecule has 0 spiro atoms. The first-order valence-electron chi connectivity index (χ1n) is 7.33. The number of aromatic amines is 1. The summed E-state index contributed by atoms with van der Waals surface area (Å²) in [4.78, 5) is 6.81. The lowest BCUT2D eigenvalue weighted by molar-refractivity contribution is 1.05. The molecule has 1 N–H and O–H groups in total. The van der Waals surface area contributed by atoms with Crippen LogP contribution in [0.5, 0.6) is 0 Å². The van der Waals surface area contributed by atoms with Crippen LogP contribution in [0.25, 0.3) is 10.9 Å². The fraction of sp³-hybridized carbons (Fsp3) is 0. The lowest BCUT2D eigenvalue weighted by Gasteiger charge is -2.23. The molecule has 0 radical (unpaired) electrons. The average Bonchev–Trinajstić information content (AvgIpc) is 3.11. The minimum Gasteiger partial charge on any atom is -0.278 e. The average molecular weight is 400 g/mol. The van der Waals surface area contributed by atoms with E-state index in [9.17, 15) is 0 Å².